The molecule has 1 aromatic carbocycles. The van der Waals surface area contributed by atoms with E-state index in [9.17, 15) is 13.2 Å². The molecular weight excluding hydrogens is 504 g/mol. The zero-order chi connectivity index (χ0) is 25.1. The first-order valence-corrected chi connectivity index (χ1v) is 14.1. The van der Waals surface area contributed by atoms with Crippen LogP contribution >= 0.6 is 11.3 Å². The molecule has 11 nitrogen and oxygen atoms in total. The number of hydrogen-bond acceptors (Lipinski definition) is 9. The van der Waals surface area contributed by atoms with E-state index in [1.165, 1.54) is 18.4 Å². The predicted molar refractivity (Wildman–Crippen MR) is 139 cm³/mol. The molecule has 1 saturated carbocycles. The molecule has 0 bridgehead atoms. The normalized spacial score (nSPS) is 16.6. The fraction of sp³-hybridized carbons (Fsp3) is 0.435. The Morgan fingerprint density at radius 3 is 2.78 bits per heavy atom. The molecule has 2 amide bonds. The van der Waals surface area contributed by atoms with E-state index in [0.29, 0.717) is 30.2 Å². The summed E-state index contributed by atoms with van der Waals surface area (Å²) in [4.78, 5) is 23.3. The van der Waals surface area contributed by atoms with E-state index >= 15 is 0 Å². The van der Waals surface area contributed by atoms with Crippen LogP contribution in [0.5, 0.6) is 5.88 Å². The van der Waals surface area contributed by atoms with E-state index in [0.717, 1.165) is 54.2 Å². The lowest BCUT2D eigenvalue weighted by Gasteiger charge is -2.26. The molecule has 192 valence electrons. The number of ether oxygens (including phenoxy) is 2. The maximum Gasteiger partial charge on any atom is 0.321 e. The van der Waals surface area contributed by atoms with Crippen molar-refractivity contribution >= 4 is 48.4 Å². The zero-order valence-corrected chi connectivity index (χ0v) is 21.5. The molecule has 3 N–H and O–H groups in total. The van der Waals surface area contributed by atoms with E-state index < -0.39 is 10.0 Å². The molecule has 0 radical (unpaired) electrons. The van der Waals surface area contributed by atoms with Gasteiger partial charge in [-0.2, -0.15) is 0 Å². The van der Waals surface area contributed by atoms with Gasteiger partial charge >= 0.3 is 6.03 Å². The Hall–Kier alpha value is -3.00. The summed E-state index contributed by atoms with van der Waals surface area (Å²) < 4.78 is 39.0. The highest BCUT2D eigenvalue weighted by molar-refractivity contribution is 7.93. The standard InChI is InChI=1S/C23H28N6O5S2/c1-33-21-19(28-36(31,32)17-3-4-17)12-16(14-25-21)15-2-5-18-20(13-15)35-23(26-18)27-22(30)24-6-7-29-8-10-34-11-9-29/h2,5,12-14,17,28H,3-4,6-11H2,1H3,(H2,24,26,27,30). The van der Waals surface area contributed by atoms with Gasteiger partial charge in [0.05, 0.1) is 35.8 Å². The molecule has 3 heterocycles. The summed E-state index contributed by atoms with van der Waals surface area (Å²) in [5, 5.41) is 5.81. The van der Waals surface area contributed by atoms with Crippen LogP contribution in [0.2, 0.25) is 0 Å². The van der Waals surface area contributed by atoms with Crippen molar-refractivity contribution in [2.75, 3.05) is 56.5 Å². The van der Waals surface area contributed by atoms with Gasteiger partial charge < -0.3 is 14.8 Å². The number of nitrogens with one attached hydrogen (secondary N) is 3. The molecule has 2 aromatic heterocycles. The van der Waals surface area contributed by atoms with Crippen LogP contribution in [0.25, 0.3) is 21.3 Å². The molecule has 0 atom stereocenters. The average molecular weight is 533 g/mol. The smallest absolute Gasteiger partial charge is 0.321 e. The van der Waals surface area contributed by atoms with Crippen molar-refractivity contribution in [3.63, 3.8) is 0 Å². The molecule has 5 rings (SSSR count). The first-order valence-electron chi connectivity index (χ1n) is 11.7. The summed E-state index contributed by atoms with van der Waals surface area (Å²) in [6.07, 6.45) is 2.96. The summed E-state index contributed by atoms with van der Waals surface area (Å²) in [5.74, 6) is 0.216. The molecule has 1 saturated heterocycles. The van der Waals surface area contributed by atoms with Crippen molar-refractivity contribution in [3.05, 3.63) is 30.5 Å². The van der Waals surface area contributed by atoms with Crippen molar-refractivity contribution in [1.82, 2.24) is 20.2 Å². The fourth-order valence-electron chi connectivity index (χ4n) is 3.91. The van der Waals surface area contributed by atoms with Gasteiger partial charge in [0, 0.05) is 37.9 Å². The second kappa shape index (κ2) is 10.5. The van der Waals surface area contributed by atoms with Crippen LogP contribution in [0.15, 0.2) is 30.5 Å². The third kappa shape index (κ3) is 5.86. The number of carbonyl (C=O) groups is 1. The molecule has 36 heavy (non-hydrogen) atoms. The molecule has 1 aliphatic carbocycles. The Morgan fingerprint density at radius 2 is 2.03 bits per heavy atom. The van der Waals surface area contributed by atoms with E-state index in [4.69, 9.17) is 9.47 Å². The number of anilines is 2. The number of aromatic nitrogens is 2. The minimum Gasteiger partial charge on any atom is -0.480 e. The highest BCUT2D eigenvalue weighted by Crippen LogP contribution is 2.35. The zero-order valence-electron chi connectivity index (χ0n) is 19.8. The number of fused-ring (bicyclic) bond motifs is 1. The van der Waals surface area contributed by atoms with Crippen LogP contribution in [0.4, 0.5) is 15.6 Å². The van der Waals surface area contributed by atoms with E-state index in [1.54, 1.807) is 12.3 Å². The van der Waals surface area contributed by atoms with Crippen LogP contribution < -0.4 is 20.1 Å². The number of hydrogen-bond donors (Lipinski definition) is 3. The molecule has 13 heteroatoms. The minimum absolute atomic E-state index is 0.216. The van der Waals surface area contributed by atoms with Gasteiger partial charge in [0.1, 0.15) is 5.69 Å². The summed E-state index contributed by atoms with van der Waals surface area (Å²) in [6.45, 7) is 4.52. The van der Waals surface area contributed by atoms with E-state index in [2.05, 4.69) is 30.2 Å². The predicted octanol–water partition coefficient (Wildman–Crippen LogP) is 2.72. The summed E-state index contributed by atoms with van der Waals surface area (Å²) in [5.41, 5.74) is 2.63. The molecule has 3 aromatic rings. The van der Waals surface area contributed by atoms with Gasteiger partial charge in [-0.25, -0.2) is 23.2 Å². The number of benzene rings is 1. The summed E-state index contributed by atoms with van der Waals surface area (Å²) in [7, 11) is -2.01. The SMILES string of the molecule is COc1ncc(-c2ccc3nc(NC(=O)NCCN4CCOCC4)sc3c2)cc1NS(=O)(=O)C1CC1. The molecular formula is C23H28N6O5S2. The average Bonchev–Trinajstić information content (AvgIpc) is 3.66. The first kappa shape index (κ1) is 24.7. The first-order chi connectivity index (χ1) is 17.4. The van der Waals surface area contributed by atoms with Crippen molar-refractivity contribution in [1.29, 1.82) is 0 Å². The molecule has 0 spiro atoms. The lowest BCUT2D eigenvalue weighted by atomic mass is 10.1. The van der Waals surface area contributed by atoms with Crippen molar-refractivity contribution in [3.8, 4) is 17.0 Å². The Labute approximate surface area is 213 Å². The van der Waals surface area contributed by atoms with Gasteiger partial charge in [-0.05, 0) is 36.6 Å². The van der Waals surface area contributed by atoms with Crippen molar-refractivity contribution < 1.29 is 22.7 Å². The maximum atomic E-state index is 12.4. The van der Waals surface area contributed by atoms with Crippen LogP contribution in [-0.2, 0) is 14.8 Å². The van der Waals surface area contributed by atoms with Gasteiger partial charge in [-0.3, -0.25) is 14.9 Å². The largest absolute Gasteiger partial charge is 0.480 e. The fourth-order valence-corrected chi connectivity index (χ4v) is 6.19. The monoisotopic (exact) mass is 532 g/mol. The molecule has 2 fully saturated rings. The van der Waals surface area contributed by atoms with Gasteiger partial charge in [0.25, 0.3) is 0 Å². The molecule has 2 aliphatic rings. The van der Waals surface area contributed by atoms with Crippen LogP contribution in [0.3, 0.4) is 0 Å². The minimum atomic E-state index is -3.46. The lowest BCUT2D eigenvalue weighted by Crippen LogP contribution is -2.42. The number of thiazole rings is 1. The van der Waals surface area contributed by atoms with E-state index in [1.807, 2.05) is 18.2 Å². The second-order valence-corrected chi connectivity index (χ2v) is 11.7. The maximum absolute atomic E-state index is 12.4. The van der Waals surface area contributed by atoms with Gasteiger partial charge in [0.15, 0.2) is 5.13 Å². The van der Waals surface area contributed by atoms with Crippen LogP contribution in [-0.4, -0.2) is 81.1 Å². The number of urea groups is 1. The third-order valence-electron chi connectivity index (χ3n) is 6.02. The van der Waals surface area contributed by atoms with Gasteiger partial charge in [0.2, 0.25) is 15.9 Å². The van der Waals surface area contributed by atoms with Crippen LogP contribution in [0, 0.1) is 0 Å². The number of nitrogens with zero attached hydrogens (tertiary/aromatic N) is 3. The number of carbonyl (C=O) groups excluding carboxylic acids is 1. The lowest BCUT2D eigenvalue weighted by molar-refractivity contribution is 0.0388. The Kier molecular flexibility index (Phi) is 7.23. The van der Waals surface area contributed by atoms with Crippen LogP contribution in [0.1, 0.15) is 12.8 Å². The molecule has 0 unspecified atom stereocenters. The second-order valence-electron chi connectivity index (χ2n) is 8.66. The van der Waals surface area contributed by atoms with Gasteiger partial charge in [-0.15, -0.1) is 0 Å². The summed E-state index contributed by atoms with van der Waals surface area (Å²) in [6, 6.07) is 7.11. The van der Waals surface area contributed by atoms with E-state index in [-0.39, 0.29) is 17.2 Å². The van der Waals surface area contributed by atoms with Gasteiger partial charge in [-0.1, -0.05) is 17.4 Å². The van der Waals surface area contributed by atoms with Crippen molar-refractivity contribution in [2.45, 2.75) is 18.1 Å². The number of morpholine rings is 1. The van der Waals surface area contributed by atoms with Crippen molar-refractivity contribution in [2.24, 2.45) is 0 Å². The number of amides is 2. The Balaban J connectivity index is 1.26. The summed E-state index contributed by atoms with van der Waals surface area (Å²) >= 11 is 1.36. The number of pyridine rings is 1. The number of sulfonamides is 1. The Bertz CT molecular complexity index is 1350. The quantitative estimate of drug-likeness (QED) is 0.383. The molecule has 1 aliphatic heterocycles. The Morgan fingerprint density at radius 1 is 1.22 bits per heavy atom. The highest BCUT2D eigenvalue weighted by atomic mass is 32.2. The topological polar surface area (TPSA) is 135 Å². The third-order valence-corrected chi connectivity index (χ3v) is 8.81. The highest BCUT2D eigenvalue weighted by Gasteiger charge is 2.36. The number of methoxy groups -OCH3 is 1. The number of rotatable bonds is 9.